The third-order valence-electron chi connectivity index (χ3n) is 3.49. The molecule has 0 spiro atoms. The Morgan fingerprint density at radius 1 is 1.36 bits per heavy atom. The molecular formula is C15H21N3O4. The molecule has 1 fully saturated rings. The maximum atomic E-state index is 11.9. The van der Waals surface area contributed by atoms with E-state index >= 15 is 0 Å². The van der Waals surface area contributed by atoms with E-state index in [0.717, 1.165) is 24.8 Å². The first kappa shape index (κ1) is 16.2. The maximum absolute atomic E-state index is 11.9. The molecular weight excluding hydrogens is 286 g/mol. The van der Waals surface area contributed by atoms with Gasteiger partial charge in [-0.2, -0.15) is 0 Å². The van der Waals surface area contributed by atoms with Gasteiger partial charge in [-0.05, 0) is 24.8 Å². The highest BCUT2D eigenvalue weighted by atomic mass is 16.5. The largest absolute Gasteiger partial charge is 0.458 e. The lowest BCUT2D eigenvalue weighted by molar-refractivity contribution is -0.151. The van der Waals surface area contributed by atoms with Crippen LogP contribution in [0.5, 0.6) is 6.01 Å². The number of nitrogens with zero attached hydrogens (tertiary/aromatic N) is 3. The molecule has 1 atom stereocenters. The summed E-state index contributed by atoms with van der Waals surface area (Å²) in [4.78, 5) is 32.7. The predicted molar refractivity (Wildman–Crippen MR) is 78.3 cm³/mol. The Labute approximate surface area is 129 Å². The number of amides is 1. The van der Waals surface area contributed by atoms with Crippen LogP contribution in [0.2, 0.25) is 0 Å². The van der Waals surface area contributed by atoms with E-state index in [1.165, 1.54) is 6.92 Å². The second kappa shape index (κ2) is 7.72. The van der Waals surface area contributed by atoms with Gasteiger partial charge in [-0.15, -0.1) is 0 Å². The van der Waals surface area contributed by atoms with E-state index in [0.29, 0.717) is 19.1 Å². The molecule has 0 N–H and O–H groups in total. The molecule has 1 amide bonds. The fourth-order valence-corrected chi connectivity index (χ4v) is 2.25. The SMILES string of the molecule is CCc1cnc(OC2CCCN(C(=O)COC(C)=O)C2)nc1. The average Bonchev–Trinajstić information content (AvgIpc) is 2.53. The molecule has 1 aliphatic rings. The summed E-state index contributed by atoms with van der Waals surface area (Å²) in [5, 5.41) is 0. The third-order valence-corrected chi connectivity index (χ3v) is 3.49. The van der Waals surface area contributed by atoms with E-state index in [1.807, 2.05) is 6.92 Å². The molecule has 1 unspecified atom stereocenters. The quantitative estimate of drug-likeness (QED) is 0.754. The third kappa shape index (κ3) is 4.68. The lowest BCUT2D eigenvalue weighted by Gasteiger charge is -2.32. The maximum Gasteiger partial charge on any atom is 0.316 e. The molecule has 1 aliphatic heterocycles. The van der Waals surface area contributed by atoms with Crippen LogP contribution in [-0.4, -0.2) is 52.5 Å². The van der Waals surface area contributed by atoms with E-state index in [2.05, 4.69) is 9.97 Å². The Morgan fingerprint density at radius 2 is 2.09 bits per heavy atom. The van der Waals surface area contributed by atoms with Crippen LogP contribution in [0.15, 0.2) is 12.4 Å². The van der Waals surface area contributed by atoms with Gasteiger partial charge >= 0.3 is 12.0 Å². The first-order valence-electron chi connectivity index (χ1n) is 7.47. The standard InChI is InChI=1S/C15H21N3O4/c1-3-12-7-16-15(17-8-12)22-13-5-4-6-18(9-13)14(20)10-21-11(2)19/h7-8,13H,3-6,9-10H2,1-2H3. The van der Waals surface area contributed by atoms with Crippen molar-refractivity contribution in [3.8, 4) is 6.01 Å². The number of aryl methyl sites for hydroxylation is 1. The van der Waals surface area contributed by atoms with Crippen molar-refractivity contribution < 1.29 is 19.1 Å². The van der Waals surface area contributed by atoms with Gasteiger partial charge in [-0.25, -0.2) is 9.97 Å². The van der Waals surface area contributed by atoms with E-state index in [9.17, 15) is 9.59 Å². The molecule has 0 saturated carbocycles. The van der Waals surface area contributed by atoms with E-state index in [-0.39, 0.29) is 18.6 Å². The van der Waals surface area contributed by atoms with Crippen LogP contribution in [0.1, 0.15) is 32.3 Å². The molecule has 1 aromatic heterocycles. The zero-order chi connectivity index (χ0) is 15.9. The minimum Gasteiger partial charge on any atom is -0.458 e. The molecule has 0 aromatic carbocycles. The number of hydrogen-bond donors (Lipinski definition) is 0. The fraction of sp³-hybridized carbons (Fsp3) is 0.600. The van der Waals surface area contributed by atoms with Gasteiger partial charge in [0.1, 0.15) is 6.10 Å². The molecule has 1 aromatic rings. The first-order valence-corrected chi connectivity index (χ1v) is 7.47. The van der Waals surface area contributed by atoms with Gasteiger partial charge in [0, 0.05) is 25.9 Å². The van der Waals surface area contributed by atoms with Crippen LogP contribution < -0.4 is 4.74 Å². The molecule has 0 aliphatic carbocycles. The summed E-state index contributed by atoms with van der Waals surface area (Å²) in [6.07, 6.45) is 5.91. The van der Waals surface area contributed by atoms with Crippen molar-refractivity contribution in [2.45, 2.75) is 39.2 Å². The summed E-state index contributed by atoms with van der Waals surface area (Å²) in [6.45, 7) is 4.21. The lowest BCUT2D eigenvalue weighted by Crippen LogP contribution is -2.46. The zero-order valence-electron chi connectivity index (χ0n) is 12.9. The number of carbonyl (C=O) groups is 2. The zero-order valence-corrected chi connectivity index (χ0v) is 12.9. The Balaban J connectivity index is 1.86. The van der Waals surface area contributed by atoms with Crippen LogP contribution in [0.3, 0.4) is 0 Å². The molecule has 2 rings (SSSR count). The van der Waals surface area contributed by atoms with Gasteiger partial charge in [0.05, 0.1) is 6.54 Å². The van der Waals surface area contributed by atoms with Gasteiger partial charge in [0.15, 0.2) is 6.61 Å². The molecule has 2 heterocycles. The summed E-state index contributed by atoms with van der Waals surface area (Å²) in [5.74, 6) is -0.659. The van der Waals surface area contributed by atoms with Gasteiger partial charge in [0.2, 0.25) is 0 Å². The number of rotatable bonds is 5. The molecule has 0 bridgehead atoms. The minimum absolute atomic E-state index is 0.137. The number of esters is 1. The fourth-order valence-electron chi connectivity index (χ4n) is 2.25. The Bertz CT molecular complexity index is 518. The Kier molecular flexibility index (Phi) is 5.68. The van der Waals surface area contributed by atoms with Gasteiger partial charge < -0.3 is 14.4 Å². The number of piperidine rings is 1. The lowest BCUT2D eigenvalue weighted by atomic mass is 10.1. The minimum atomic E-state index is -0.456. The van der Waals surface area contributed by atoms with Crippen LogP contribution in [0, 0.1) is 0 Å². The van der Waals surface area contributed by atoms with Gasteiger partial charge in [0.25, 0.3) is 5.91 Å². The topological polar surface area (TPSA) is 81.6 Å². The monoisotopic (exact) mass is 307 g/mol. The van der Waals surface area contributed by atoms with Crippen LogP contribution >= 0.6 is 0 Å². The highest BCUT2D eigenvalue weighted by Crippen LogP contribution is 2.15. The van der Waals surface area contributed by atoms with Crippen molar-refractivity contribution in [3.05, 3.63) is 18.0 Å². The number of likely N-dealkylation sites (tertiary alicyclic amines) is 1. The van der Waals surface area contributed by atoms with E-state index in [1.54, 1.807) is 17.3 Å². The summed E-state index contributed by atoms with van der Waals surface area (Å²) < 4.78 is 10.5. The second-order valence-electron chi connectivity index (χ2n) is 5.23. The van der Waals surface area contributed by atoms with E-state index in [4.69, 9.17) is 9.47 Å². The van der Waals surface area contributed by atoms with Crippen molar-refractivity contribution in [3.63, 3.8) is 0 Å². The molecule has 1 saturated heterocycles. The number of hydrogen-bond acceptors (Lipinski definition) is 6. The van der Waals surface area contributed by atoms with Crippen molar-refractivity contribution in [1.29, 1.82) is 0 Å². The van der Waals surface area contributed by atoms with Gasteiger partial charge in [-0.3, -0.25) is 9.59 Å². The highest BCUT2D eigenvalue weighted by molar-refractivity contribution is 5.80. The Morgan fingerprint density at radius 3 is 2.73 bits per heavy atom. The molecule has 7 nitrogen and oxygen atoms in total. The molecule has 120 valence electrons. The summed E-state index contributed by atoms with van der Waals surface area (Å²) in [5.41, 5.74) is 1.05. The smallest absolute Gasteiger partial charge is 0.316 e. The summed E-state index contributed by atoms with van der Waals surface area (Å²) >= 11 is 0. The van der Waals surface area contributed by atoms with Crippen molar-refractivity contribution in [2.75, 3.05) is 19.7 Å². The van der Waals surface area contributed by atoms with Crippen molar-refractivity contribution in [2.24, 2.45) is 0 Å². The highest BCUT2D eigenvalue weighted by Gasteiger charge is 2.25. The molecule has 22 heavy (non-hydrogen) atoms. The average molecular weight is 307 g/mol. The number of ether oxygens (including phenoxy) is 2. The van der Waals surface area contributed by atoms with Crippen molar-refractivity contribution >= 4 is 11.9 Å². The van der Waals surface area contributed by atoms with Crippen LogP contribution in [0.25, 0.3) is 0 Å². The van der Waals surface area contributed by atoms with E-state index < -0.39 is 5.97 Å². The summed E-state index contributed by atoms with van der Waals surface area (Å²) in [6, 6.07) is 0.330. The molecule has 7 heteroatoms. The van der Waals surface area contributed by atoms with Gasteiger partial charge in [-0.1, -0.05) is 6.92 Å². The van der Waals surface area contributed by atoms with Crippen molar-refractivity contribution in [1.82, 2.24) is 14.9 Å². The Hall–Kier alpha value is -2.18. The summed E-state index contributed by atoms with van der Waals surface area (Å²) in [7, 11) is 0. The normalized spacial score (nSPS) is 17.9. The second-order valence-corrected chi connectivity index (χ2v) is 5.23. The number of carbonyl (C=O) groups excluding carboxylic acids is 2. The van der Waals surface area contributed by atoms with Crippen LogP contribution in [0.4, 0.5) is 0 Å². The molecule has 0 radical (unpaired) electrons. The number of aromatic nitrogens is 2. The predicted octanol–water partition coefficient (Wildman–Crippen LogP) is 0.972. The first-order chi connectivity index (χ1) is 10.6. The van der Waals surface area contributed by atoms with Crippen LogP contribution in [-0.2, 0) is 20.7 Å².